The molecule has 0 radical (unpaired) electrons. The van der Waals surface area contributed by atoms with Gasteiger partial charge in [-0.3, -0.25) is 0 Å². The van der Waals surface area contributed by atoms with Crippen molar-refractivity contribution >= 4 is 38.6 Å². The smallest absolute Gasteiger partial charge is 0.277 e. The Bertz CT molecular complexity index is 1010. The van der Waals surface area contributed by atoms with Crippen LogP contribution in [0, 0.1) is 0 Å². The van der Waals surface area contributed by atoms with Gasteiger partial charge in [0.25, 0.3) is 11.1 Å². The second-order valence-electron chi connectivity index (χ2n) is 5.67. The molecule has 4 rings (SSSR count). The third-order valence-corrected chi connectivity index (χ3v) is 5.43. The number of aromatic nitrogens is 3. The lowest BCUT2D eigenvalue weighted by atomic mass is 10.1. The maximum atomic E-state index is 5.89. The van der Waals surface area contributed by atoms with Gasteiger partial charge in [0, 0.05) is 21.1 Å². The van der Waals surface area contributed by atoms with E-state index in [4.69, 9.17) is 4.42 Å². The number of aryl methyl sites for hydroxylation is 1. The highest BCUT2D eigenvalue weighted by Crippen LogP contribution is 2.33. The van der Waals surface area contributed by atoms with Crippen molar-refractivity contribution in [2.75, 3.05) is 0 Å². The molecular formula is C19H16BrN3OS. The van der Waals surface area contributed by atoms with Crippen molar-refractivity contribution in [2.45, 2.75) is 24.3 Å². The molecule has 2 aromatic heterocycles. The Morgan fingerprint density at radius 3 is 2.76 bits per heavy atom. The highest BCUT2D eigenvalue weighted by molar-refractivity contribution is 9.10. The normalized spacial score (nSPS) is 11.3. The molecule has 0 aliphatic rings. The maximum absolute atomic E-state index is 5.89. The van der Waals surface area contributed by atoms with E-state index < -0.39 is 0 Å². The van der Waals surface area contributed by atoms with Crippen LogP contribution in [0.1, 0.15) is 18.1 Å². The topological polar surface area (TPSA) is 54.7 Å². The highest BCUT2D eigenvalue weighted by atomic mass is 79.9. The standard InChI is InChI=1S/C19H16BrN3OS/c1-2-14-15-10-13(20)8-9-16(15)21-17(14)18-22-23-19(24-18)25-11-12-6-4-3-5-7-12/h3-10,21H,2,11H2,1H3. The van der Waals surface area contributed by atoms with Gasteiger partial charge in [-0.05, 0) is 35.7 Å². The number of thioether (sulfide) groups is 1. The fourth-order valence-electron chi connectivity index (χ4n) is 2.86. The van der Waals surface area contributed by atoms with Crippen LogP contribution < -0.4 is 0 Å². The molecular weight excluding hydrogens is 398 g/mol. The first-order valence-corrected chi connectivity index (χ1v) is 9.83. The third kappa shape index (κ3) is 3.37. The second kappa shape index (κ2) is 7.06. The fraction of sp³-hybridized carbons (Fsp3) is 0.158. The molecule has 126 valence electrons. The summed E-state index contributed by atoms with van der Waals surface area (Å²) in [4.78, 5) is 3.42. The lowest BCUT2D eigenvalue weighted by Crippen LogP contribution is -1.84. The molecule has 0 saturated heterocycles. The van der Waals surface area contributed by atoms with Gasteiger partial charge in [-0.2, -0.15) is 0 Å². The van der Waals surface area contributed by atoms with Crippen molar-refractivity contribution in [2.24, 2.45) is 0 Å². The van der Waals surface area contributed by atoms with E-state index in [-0.39, 0.29) is 0 Å². The fourth-order valence-corrected chi connectivity index (χ4v) is 3.94. The predicted octanol–water partition coefficient (Wildman–Crippen LogP) is 5.84. The number of fused-ring (bicyclic) bond motifs is 1. The number of nitrogens with one attached hydrogen (secondary N) is 1. The summed E-state index contributed by atoms with van der Waals surface area (Å²) in [5.41, 5.74) is 4.41. The Kier molecular flexibility index (Phi) is 4.63. The average molecular weight is 414 g/mol. The van der Waals surface area contributed by atoms with Gasteiger partial charge in [0.15, 0.2) is 0 Å². The predicted molar refractivity (Wildman–Crippen MR) is 105 cm³/mol. The van der Waals surface area contributed by atoms with E-state index >= 15 is 0 Å². The summed E-state index contributed by atoms with van der Waals surface area (Å²) in [6.07, 6.45) is 0.890. The molecule has 25 heavy (non-hydrogen) atoms. The first-order valence-electron chi connectivity index (χ1n) is 8.05. The Morgan fingerprint density at radius 1 is 1.12 bits per heavy atom. The number of benzene rings is 2. The van der Waals surface area contributed by atoms with Gasteiger partial charge in [-0.15, -0.1) is 10.2 Å². The molecule has 0 amide bonds. The summed E-state index contributed by atoms with van der Waals surface area (Å²) >= 11 is 5.09. The van der Waals surface area contributed by atoms with E-state index in [1.807, 2.05) is 24.3 Å². The summed E-state index contributed by atoms with van der Waals surface area (Å²) in [5, 5.41) is 10.2. The van der Waals surface area contributed by atoms with Gasteiger partial charge in [-0.25, -0.2) is 0 Å². The van der Waals surface area contributed by atoms with Crippen molar-refractivity contribution < 1.29 is 4.42 Å². The summed E-state index contributed by atoms with van der Waals surface area (Å²) in [6, 6.07) is 16.5. The van der Waals surface area contributed by atoms with E-state index in [0.29, 0.717) is 11.1 Å². The highest BCUT2D eigenvalue weighted by Gasteiger charge is 2.17. The zero-order valence-corrected chi connectivity index (χ0v) is 16.0. The van der Waals surface area contributed by atoms with E-state index in [1.165, 1.54) is 16.5 Å². The van der Waals surface area contributed by atoms with Gasteiger partial charge in [0.05, 0.1) is 0 Å². The second-order valence-corrected chi connectivity index (χ2v) is 7.51. The molecule has 0 aliphatic carbocycles. The number of rotatable bonds is 5. The number of aromatic amines is 1. The average Bonchev–Trinajstić information content (AvgIpc) is 3.24. The van der Waals surface area contributed by atoms with Crippen molar-refractivity contribution in [3.63, 3.8) is 0 Å². The zero-order chi connectivity index (χ0) is 17.2. The number of H-pyrrole nitrogens is 1. The van der Waals surface area contributed by atoms with Crippen LogP contribution in [-0.2, 0) is 12.2 Å². The third-order valence-electron chi connectivity index (χ3n) is 4.05. The Balaban J connectivity index is 1.62. The van der Waals surface area contributed by atoms with Crippen molar-refractivity contribution in [1.82, 2.24) is 15.2 Å². The molecule has 0 bridgehead atoms. The molecule has 6 heteroatoms. The van der Waals surface area contributed by atoms with Gasteiger partial charge >= 0.3 is 0 Å². The molecule has 1 N–H and O–H groups in total. The van der Waals surface area contributed by atoms with Gasteiger partial charge in [0.2, 0.25) is 0 Å². The van der Waals surface area contributed by atoms with Crippen LogP contribution in [0.5, 0.6) is 0 Å². The van der Waals surface area contributed by atoms with E-state index in [0.717, 1.165) is 27.9 Å². The summed E-state index contributed by atoms with van der Waals surface area (Å²) in [7, 11) is 0. The maximum Gasteiger partial charge on any atom is 0.277 e. The van der Waals surface area contributed by atoms with Crippen LogP contribution >= 0.6 is 27.7 Å². The Hall–Kier alpha value is -2.05. The van der Waals surface area contributed by atoms with Crippen LogP contribution in [0.4, 0.5) is 0 Å². The molecule has 0 aliphatic heterocycles. The van der Waals surface area contributed by atoms with Crippen molar-refractivity contribution in [3.05, 3.63) is 64.1 Å². The first-order chi connectivity index (χ1) is 12.2. The van der Waals surface area contributed by atoms with Gasteiger partial charge in [0.1, 0.15) is 5.69 Å². The Morgan fingerprint density at radius 2 is 1.96 bits per heavy atom. The van der Waals surface area contributed by atoms with E-state index in [1.54, 1.807) is 11.8 Å². The minimum absolute atomic E-state index is 0.541. The minimum Gasteiger partial charge on any atom is -0.410 e. The van der Waals surface area contributed by atoms with Crippen molar-refractivity contribution in [1.29, 1.82) is 0 Å². The van der Waals surface area contributed by atoms with E-state index in [9.17, 15) is 0 Å². The molecule has 0 fully saturated rings. The first kappa shape index (κ1) is 16.4. The van der Waals surface area contributed by atoms with Crippen LogP contribution in [-0.4, -0.2) is 15.2 Å². The summed E-state index contributed by atoms with van der Waals surface area (Å²) in [6.45, 7) is 2.13. The number of hydrogen-bond donors (Lipinski definition) is 1. The van der Waals surface area contributed by atoms with Gasteiger partial charge in [-0.1, -0.05) is 64.9 Å². The monoisotopic (exact) mass is 413 g/mol. The molecule has 4 nitrogen and oxygen atoms in total. The van der Waals surface area contributed by atoms with Crippen LogP contribution in [0.3, 0.4) is 0 Å². The van der Waals surface area contributed by atoms with E-state index in [2.05, 4.69) is 62.3 Å². The zero-order valence-electron chi connectivity index (χ0n) is 13.6. The summed E-state index contributed by atoms with van der Waals surface area (Å²) < 4.78 is 6.95. The number of nitrogens with zero attached hydrogens (tertiary/aromatic N) is 2. The molecule has 2 aromatic carbocycles. The minimum atomic E-state index is 0.541. The quantitative estimate of drug-likeness (QED) is 0.417. The molecule has 0 unspecified atom stereocenters. The number of halogens is 1. The molecule has 0 spiro atoms. The van der Waals surface area contributed by atoms with Crippen LogP contribution in [0.25, 0.3) is 22.5 Å². The Labute approximate surface area is 158 Å². The largest absolute Gasteiger partial charge is 0.410 e. The summed E-state index contributed by atoms with van der Waals surface area (Å²) in [5.74, 6) is 1.35. The molecule has 2 heterocycles. The van der Waals surface area contributed by atoms with Crippen molar-refractivity contribution in [3.8, 4) is 11.6 Å². The lowest BCUT2D eigenvalue weighted by Gasteiger charge is -1.98. The lowest BCUT2D eigenvalue weighted by molar-refractivity contribution is 0.464. The molecule has 4 aromatic rings. The molecule has 0 saturated carbocycles. The SMILES string of the molecule is CCc1c(-c2nnc(SCc3ccccc3)o2)[nH]c2ccc(Br)cc12. The molecule has 0 atom stereocenters. The number of hydrogen-bond acceptors (Lipinski definition) is 4. The van der Waals surface area contributed by atoms with Gasteiger partial charge < -0.3 is 9.40 Å². The van der Waals surface area contributed by atoms with Crippen LogP contribution in [0.15, 0.2) is 62.6 Å². The van der Waals surface area contributed by atoms with Crippen LogP contribution in [0.2, 0.25) is 0 Å².